The molecule has 0 saturated carbocycles. The summed E-state index contributed by atoms with van der Waals surface area (Å²) in [4.78, 5) is 37.5. The Morgan fingerprint density at radius 1 is 1.10 bits per heavy atom. The molecule has 2 aromatic carbocycles. The standard InChI is InChI=1S/C21H23N3O5/c1-13-8-14(2)10-17(9-13)29-12-18(25)23-24-19(26)21(3,22-20(24)27)15-6-5-7-16(11-15)28-4/h5-11H,12H2,1-4H3,(H,22,27)(H,23,25)/t21-/m1/s1. The van der Waals surface area contributed by atoms with Crippen LogP contribution in [0.25, 0.3) is 0 Å². The van der Waals surface area contributed by atoms with Crippen LogP contribution in [0.2, 0.25) is 0 Å². The van der Waals surface area contributed by atoms with Gasteiger partial charge in [-0.2, -0.15) is 5.01 Å². The molecule has 0 radical (unpaired) electrons. The van der Waals surface area contributed by atoms with Gasteiger partial charge in [-0.1, -0.05) is 18.2 Å². The molecule has 2 aromatic rings. The SMILES string of the molecule is COc1cccc([C@@]2(C)NC(=O)N(NC(=O)COc3cc(C)cc(C)c3)C2=O)c1. The van der Waals surface area contributed by atoms with Gasteiger partial charge in [0.2, 0.25) is 0 Å². The first-order chi connectivity index (χ1) is 13.7. The highest BCUT2D eigenvalue weighted by Gasteiger charge is 2.50. The molecule has 8 nitrogen and oxygen atoms in total. The number of methoxy groups -OCH3 is 1. The first-order valence-corrected chi connectivity index (χ1v) is 9.05. The van der Waals surface area contributed by atoms with Crippen LogP contribution in [0.15, 0.2) is 42.5 Å². The molecule has 0 aromatic heterocycles. The second kappa shape index (κ2) is 7.83. The molecule has 0 aliphatic carbocycles. The normalized spacial score (nSPS) is 18.4. The third-order valence-corrected chi connectivity index (χ3v) is 4.64. The van der Waals surface area contributed by atoms with Gasteiger partial charge in [0.05, 0.1) is 7.11 Å². The number of nitrogens with one attached hydrogen (secondary N) is 2. The molecular formula is C21H23N3O5. The van der Waals surface area contributed by atoms with Crippen molar-refractivity contribution in [1.82, 2.24) is 15.8 Å². The summed E-state index contributed by atoms with van der Waals surface area (Å²) < 4.78 is 10.7. The maximum Gasteiger partial charge on any atom is 0.344 e. The molecule has 0 spiro atoms. The topological polar surface area (TPSA) is 97.0 Å². The highest BCUT2D eigenvalue weighted by Crippen LogP contribution is 2.30. The monoisotopic (exact) mass is 397 g/mol. The van der Waals surface area contributed by atoms with Crippen molar-refractivity contribution in [1.29, 1.82) is 0 Å². The van der Waals surface area contributed by atoms with Gasteiger partial charge in [-0.05, 0) is 61.7 Å². The molecular weight excluding hydrogens is 374 g/mol. The summed E-state index contributed by atoms with van der Waals surface area (Å²) in [6.45, 7) is 5.08. The van der Waals surface area contributed by atoms with Crippen molar-refractivity contribution in [2.24, 2.45) is 0 Å². The molecule has 1 aliphatic rings. The molecule has 0 bridgehead atoms. The number of urea groups is 1. The van der Waals surface area contributed by atoms with Crippen molar-refractivity contribution < 1.29 is 23.9 Å². The smallest absolute Gasteiger partial charge is 0.344 e. The summed E-state index contributed by atoms with van der Waals surface area (Å²) in [5.41, 5.74) is 3.53. The Bertz CT molecular complexity index is 954. The quantitative estimate of drug-likeness (QED) is 0.729. The third kappa shape index (κ3) is 4.16. The molecule has 29 heavy (non-hydrogen) atoms. The zero-order chi connectivity index (χ0) is 21.2. The van der Waals surface area contributed by atoms with Crippen LogP contribution in [0.1, 0.15) is 23.6 Å². The van der Waals surface area contributed by atoms with E-state index >= 15 is 0 Å². The fourth-order valence-electron chi connectivity index (χ4n) is 3.19. The molecule has 4 amide bonds. The summed E-state index contributed by atoms with van der Waals surface area (Å²) in [5.74, 6) is -0.135. The second-order valence-corrected chi connectivity index (χ2v) is 7.07. The van der Waals surface area contributed by atoms with Gasteiger partial charge >= 0.3 is 6.03 Å². The van der Waals surface area contributed by atoms with Gasteiger partial charge < -0.3 is 14.8 Å². The summed E-state index contributed by atoms with van der Waals surface area (Å²) in [6, 6.07) is 11.7. The second-order valence-electron chi connectivity index (χ2n) is 7.07. The van der Waals surface area contributed by atoms with E-state index in [1.807, 2.05) is 19.9 Å². The van der Waals surface area contributed by atoms with Crippen molar-refractivity contribution in [2.75, 3.05) is 13.7 Å². The van der Waals surface area contributed by atoms with Gasteiger partial charge in [-0.3, -0.25) is 15.0 Å². The van der Waals surface area contributed by atoms with Crippen LogP contribution >= 0.6 is 0 Å². The highest BCUT2D eigenvalue weighted by atomic mass is 16.5. The van der Waals surface area contributed by atoms with Gasteiger partial charge in [-0.25, -0.2) is 4.79 Å². The Kier molecular flexibility index (Phi) is 5.45. The number of imide groups is 1. The average Bonchev–Trinajstić information content (AvgIpc) is 2.90. The van der Waals surface area contributed by atoms with E-state index in [0.717, 1.165) is 11.1 Å². The Balaban J connectivity index is 1.68. The van der Waals surface area contributed by atoms with Gasteiger partial charge in [0.25, 0.3) is 11.8 Å². The van der Waals surface area contributed by atoms with E-state index in [1.54, 1.807) is 43.3 Å². The number of hydrogen-bond acceptors (Lipinski definition) is 5. The lowest BCUT2D eigenvalue weighted by atomic mass is 9.92. The maximum atomic E-state index is 12.9. The van der Waals surface area contributed by atoms with Crippen LogP contribution in [-0.4, -0.2) is 36.6 Å². The van der Waals surface area contributed by atoms with Crippen molar-refractivity contribution in [3.05, 3.63) is 59.2 Å². The van der Waals surface area contributed by atoms with Crippen LogP contribution in [0.5, 0.6) is 11.5 Å². The van der Waals surface area contributed by atoms with Crippen molar-refractivity contribution in [3.8, 4) is 11.5 Å². The van der Waals surface area contributed by atoms with Gasteiger partial charge in [0.1, 0.15) is 17.0 Å². The van der Waals surface area contributed by atoms with Crippen LogP contribution in [0, 0.1) is 13.8 Å². The summed E-state index contributed by atoms with van der Waals surface area (Å²) in [6.07, 6.45) is 0. The Labute approximate surface area is 168 Å². The minimum Gasteiger partial charge on any atom is -0.497 e. The zero-order valence-electron chi connectivity index (χ0n) is 16.7. The number of carbonyl (C=O) groups is 3. The van der Waals surface area contributed by atoms with E-state index in [9.17, 15) is 14.4 Å². The molecule has 152 valence electrons. The third-order valence-electron chi connectivity index (χ3n) is 4.64. The average molecular weight is 397 g/mol. The summed E-state index contributed by atoms with van der Waals surface area (Å²) >= 11 is 0. The molecule has 2 N–H and O–H groups in total. The van der Waals surface area contributed by atoms with Gasteiger partial charge in [0.15, 0.2) is 6.61 Å². The first kappa shape index (κ1) is 20.2. The Hall–Kier alpha value is -3.55. The fourth-order valence-corrected chi connectivity index (χ4v) is 3.19. The van der Waals surface area contributed by atoms with Gasteiger partial charge in [0, 0.05) is 0 Å². The van der Waals surface area contributed by atoms with Crippen molar-refractivity contribution in [3.63, 3.8) is 0 Å². The lowest BCUT2D eigenvalue weighted by Gasteiger charge is -2.22. The van der Waals surface area contributed by atoms with E-state index < -0.39 is 23.4 Å². The number of benzene rings is 2. The summed E-state index contributed by atoms with van der Waals surface area (Å²) in [7, 11) is 1.51. The van der Waals surface area contributed by atoms with Crippen LogP contribution < -0.4 is 20.2 Å². The number of amides is 4. The van der Waals surface area contributed by atoms with Crippen LogP contribution in [0.4, 0.5) is 4.79 Å². The molecule has 0 unspecified atom stereocenters. The first-order valence-electron chi connectivity index (χ1n) is 9.05. The lowest BCUT2D eigenvalue weighted by molar-refractivity contribution is -0.139. The van der Waals surface area contributed by atoms with E-state index in [2.05, 4.69) is 10.7 Å². The molecule has 1 fully saturated rings. The fraction of sp³-hybridized carbons (Fsp3) is 0.286. The largest absolute Gasteiger partial charge is 0.497 e. The molecule has 8 heteroatoms. The number of nitrogens with zero attached hydrogens (tertiary/aromatic N) is 1. The van der Waals surface area contributed by atoms with E-state index in [1.165, 1.54) is 7.11 Å². The molecule has 1 aliphatic heterocycles. The van der Waals surface area contributed by atoms with E-state index in [4.69, 9.17) is 9.47 Å². The van der Waals surface area contributed by atoms with Crippen LogP contribution in [-0.2, 0) is 15.1 Å². The van der Waals surface area contributed by atoms with Crippen LogP contribution in [0.3, 0.4) is 0 Å². The highest BCUT2D eigenvalue weighted by molar-refractivity contribution is 6.08. The maximum absolute atomic E-state index is 12.9. The number of hydrazine groups is 1. The lowest BCUT2D eigenvalue weighted by Crippen LogP contribution is -2.49. The molecule has 3 rings (SSSR count). The number of carbonyl (C=O) groups excluding carboxylic acids is 3. The molecule has 1 atom stereocenters. The van der Waals surface area contributed by atoms with Crippen molar-refractivity contribution in [2.45, 2.75) is 26.3 Å². The number of hydrogen-bond donors (Lipinski definition) is 2. The number of rotatable bonds is 6. The predicted octanol–water partition coefficient (Wildman–Crippen LogP) is 2.19. The molecule has 1 heterocycles. The minimum absolute atomic E-state index is 0.337. The zero-order valence-corrected chi connectivity index (χ0v) is 16.7. The number of ether oxygens (including phenoxy) is 2. The Morgan fingerprint density at radius 2 is 1.79 bits per heavy atom. The van der Waals surface area contributed by atoms with Crippen molar-refractivity contribution >= 4 is 17.8 Å². The molecule has 1 saturated heterocycles. The number of aryl methyl sites for hydroxylation is 2. The minimum atomic E-state index is -1.33. The predicted molar refractivity (Wildman–Crippen MR) is 105 cm³/mol. The van der Waals surface area contributed by atoms with Gasteiger partial charge in [-0.15, -0.1) is 0 Å². The van der Waals surface area contributed by atoms with E-state index in [-0.39, 0.29) is 6.61 Å². The Morgan fingerprint density at radius 3 is 2.45 bits per heavy atom. The van der Waals surface area contributed by atoms with E-state index in [0.29, 0.717) is 22.1 Å². The summed E-state index contributed by atoms with van der Waals surface area (Å²) in [5, 5.41) is 3.29.